The first-order chi connectivity index (χ1) is 9.21. The number of anilines is 1. The Morgan fingerprint density at radius 3 is 2.68 bits per heavy atom. The van der Waals surface area contributed by atoms with E-state index in [-0.39, 0.29) is 0 Å². The molecule has 2 nitrogen and oxygen atoms in total. The van der Waals surface area contributed by atoms with Crippen LogP contribution in [0.1, 0.15) is 25.0 Å². The third kappa shape index (κ3) is 4.58. The second kappa shape index (κ2) is 7.58. The van der Waals surface area contributed by atoms with Crippen LogP contribution in [0.25, 0.3) is 0 Å². The zero-order valence-electron chi connectivity index (χ0n) is 11.1. The highest BCUT2D eigenvalue weighted by Crippen LogP contribution is 2.12. The molecule has 1 aromatic rings. The molecule has 0 unspecified atom stereocenters. The fourth-order valence-electron chi connectivity index (χ4n) is 1.39. The van der Waals surface area contributed by atoms with Gasteiger partial charge in [-0.05, 0) is 38.1 Å². The van der Waals surface area contributed by atoms with Crippen LogP contribution in [0.4, 0.5) is 5.69 Å². The summed E-state index contributed by atoms with van der Waals surface area (Å²) in [5.74, 6) is 6.05. The van der Waals surface area contributed by atoms with E-state index in [4.69, 9.17) is 11.0 Å². The number of hydrogen-bond donors (Lipinski definition) is 1. The lowest BCUT2D eigenvalue weighted by atomic mass is 10.1. The molecule has 2 N–H and O–H groups in total. The average molecular weight is 248 g/mol. The predicted octanol–water partition coefficient (Wildman–Crippen LogP) is 3.57. The summed E-state index contributed by atoms with van der Waals surface area (Å²) >= 11 is 0. The molecule has 0 aromatic heterocycles. The highest BCUT2D eigenvalue weighted by Gasteiger charge is 1.97. The molecule has 0 bridgehead atoms. The van der Waals surface area contributed by atoms with Crippen molar-refractivity contribution in [1.29, 1.82) is 5.26 Å². The number of nitriles is 1. The van der Waals surface area contributed by atoms with Crippen molar-refractivity contribution in [3.63, 3.8) is 0 Å². The number of nitrogen functional groups attached to an aromatic ring is 1. The first kappa shape index (κ1) is 14.4. The van der Waals surface area contributed by atoms with Crippen LogP contribution < -0.4 is 5.73 Å². The van der Waals surface area contributed by atoms with Crippen LogP contribution in [0.3, 0.4) is 0 Å². The Kier molecular flexibility index (Phi) is 5.73. The molecule has 2 heteroatoms. The van der Waals surface area contributed by atoms with Crippen molar-refractivity contribution >= 4 is 5.69 Å². The molecule has 0 fully saturated rings. The Balaban J connectivity index is 3.14. The van der Waals surface area contributed by atoms with E-state index in [1.807, 2.05) is 44.2 Å². The minimum Gasteiger partial charge on any atom is -0.398 e. The second-order valence-electron chi connectivity index (χ2n) is 3.81. The molecule has 0 amide bonds. The summed E-state index contributed by atoms with van der Waals surface area (Å²) in [6.07, 6.45) is 9.66. The second-order valence-corrected chi connectivity index (χ2v) is 3.81. The number of nitrogens with zero attached hydrogens (tertiary/aromatic N) is 1. The summed E-state index contributed by atoms with van der Waals surface area (Å²) in [6.45, 7) is 3.89. The van der Waals surface area contributed by atoms with Gasteiger partial charge in [-0.15, -0.1) is 0 Å². The van der Waals surface area contributed by atoms with Crippen molar-refractivity contribution in [2.24, 2.45) is 0 Å². The van der Waals surface area contributed by atoms with Gasteiger partial charge < -0.3 is 5.73 Å². The summed E-state index contributed by atoms with van der Waals surface area (Å²) in [7, 11) is 0. The maximum absolute atomic E-state index is 8.86. The van der Waals surface area contributed by atoms with E-state index in [1.165, 1.54) is 0 Å². The Bertz CT molecular complexity index is 629. The number of nitrogens with two attached hydrogens (primary N) is 1. The number of benzene rings is 1. The SMILES string of the molecule is C\C=C/C=C(C#Cc1cc(C#N)ccc1N)\C=C/C. The predicted molar refractivity (Wildman–Crippen MR) is 80.2 cm³/mol. The average Bonchev–Trinajstić information content (AvgIpc) is 2.43. The zero-order valence-corrected chi connectivity index (χ0v) is 11.1. The lowest BCUT2D eigenvalue weighted by Crippen LogP contribution is -1.90. The largest absolute Gasteiger partial charge is 0.398 e. The fraction of sp³-hybridized carbons (Fsp3) is 0.118. The normalized spacial score (nSPS) is 11.3. The number of allylic oxidation sites excluding steroid dienone is 6. The van der Waals surface area contributed by atoms with E-state index < -0.39 is 0 Å². The number of rotatable bonds is 2. The molecule has 0 saturated heterocycles. The van der Waals surface area contributed by atoms with E-state index in [9.17, 15) is 0 Å². The Morgan fingerprint density at radius 2 is 2.05 bits per heavy atom. The van der Waals surface area contributed by atoms with Crippen LogP contribution in [0.5, 0.6) is 0 Å². The van der Waals surface area contributed by atoms with E-state index in [0.29, 0.717) is 16.8 Å². The van der Waals surface area contributed by atoms with Gasteiger partial charge in [0.1, 0.15) is 0 Å². The van der Waals surface area contributed by atoms with Crippen molar-refractivity contribution in [3.05, 3.63) is 65.3 Å². The quantitative estimate of drug-likeness (QED) is 0.494. The summed E-state index contributed by atoms with van der Waals surface area (Å²) in [4.78, 5) is 0. The minimum absolute atomic E-state index is 0.559. The van der Waals surface area contributed by atoms with E-state index in [1.54, 1.807) is 18.2 Å². The molecule has 0 atom stereocenters. The van der Waals surface area contributed by atoms with Crippen LogP contribution in [-0.2, 0) is 0 Å². The van der Waals surface area contributed by atoms with Gasteiger partial charge in [-0.25, -0.2) is 0 Å². The molecule has 1 aromatic carbocycles. The van der Waals surface area contributed by atoms with Gasteiger partial charge in [0.05, 0.1) is 11.6 Å². The fourth-order valence-corrected chi connectivity index (χ4v) is 1.39. The van der Waals surface area contributed by atoms with Gasteiger partial charge in [0.2, 0.25) is 0 Å². The van der Waals surface area contributed by atoms with E-state index >= 15 is 0 Å². The standard InChI is InChI=1S/C17H16N2/c1-3-5-7-14(6-4-2)8-10-16-12-15(13-18)9-11-17(16)19/h3-7,9,11-12H,19H2,1-2H3/b5-3-,6-4-,14-7+. The molecule has 0 radical (unpaired) electrons. The highest BCUT2D eigenvalue weighted by atomic mass is 14.5. The van der Waals surface area contributed by atoms with Gasteiger partial charge in [0.25, 0.3) is 0 Å². The van der Waals surface area contributed by atoms with E-state index in [0.717, 1.165) is 5.57 Å². The van der Waals surface area contributed by atoms with Gasteiger partial charge in [-0.2, -0.15) is 5.26 Å². The summed E-state index contributed by atoms with van der Waals surface area (Å²) < 4.78 is 0. The lowest BCUT2D eigenvalue weighted by molar-refractivity contribution is 1.48. The van der Waals surface area contributed by atoms with Gasteiger partial charge in [-0.1, -0.05) is 36.1 Å². The van der Waals surface area contributed by atoms with Crippen molar-refractivity contribution < 1.29 is 0 Å². The molecule has 0 aliphatic carbocycles. The Morgan fingerprint density at radius 1 is 1.26 bits per heavy atom. The Hall–Kier alpha value is -2.71. The van der Waals surface area contributed by atoms with Crippen molar-refractivity contribution in [1.82, 2.24) is 0 Å². The maximum atomic E-state index is 8.86. The smallest absolute Gasteiger partial charge is 0.0992 e. The monoisotopic (exact) mass is 248 g/mol. The minimum atomic E-state index is 0.559. The molecule has 0 aliphatic rings. The van der Waals surface area contributed by atoms with E-state index in [2.05, 4.69) is 17.9 Å². The molecular weight excluding hydrogens is 232 g/mol. The molecule has 19 heavy (non-hydrogen) atoms. The highest BCUT2D eigenvalue weighted by molar-refractivity contribution is 5.60. The van der Waals surface area contributed by atoms with Crippen LogP contribution in [0.15, 0.2) is 54.2 Å². The van der Waals surface area contributed by atoms with Gasteiger partial charge in [-0.3, -0.25) is 0 Å². The first-order valence-corrected chi connectivity index (χ1v) is 5.98. The topological polar surface area (TPSA) is 49.8 Å². The lowest BCUT2D eigenvalue weighted by Gasteiger charge is -1.97. The van der Waals surface area contributed by atoms with Crippen molar-refractivity contribution in [2.75, 3.05) is 5.73 Å². The zero-order chi connectivity index (χ0) is 14.1. The summed E-state index contributed by atoms with van der Waals surface area (Å²) in [5, 5.41) is 8.86. The number of hydrogen-bond acceptors (Lipinski definition) is 2. The molecule has 0 saturated carbocycles. The maximum Gasteiger partial charge on any atom is 0.0992 e. The van der Waals surface area contributed by atoms with Gasteiger partial charge in [0.15, 0.2) is 0 Å². The van der Waals surface area contributed by atoms with Crippen LogP contribution in [-0.4, -0.2) is 0 Å². The molecular formula is C17H16N2. The van der Waals surface area contributed by atoms with Gasteiger partial charge in [0, 0.05) is 16.8 Å². The molecule has 0 heterocycles. The first-order valence-electron chi connectivity index (χ1n) is 5.98. The van der Waals surface area contributed by atoms with Crippen LogP contribution in [0.2, 0.25) is 0 Å². The van der Waals surface area contributed by atoms with Crippen LogP contribution in [0, 0.1) is 23.2 Å². The molecule has 0 aliphatic heterocycles. The van der Waals surface area contributed by atoms with Crippen molar-refractivity contribution in [3.8, 4) is 17.9 Å². The third-order valence-electron chi connectivity index (χ3n) is 2.34. The molecule has 94 valence electrons. The molecule has 0 spiro atoms. The summed E-state index contributed by atoms with van der Waals surface area (Å²) in [5.41, 5.74) is 8.55. The third-order valence-corrected chi connectivity index (χ3v) is 2.34. The van der Waals surface area contributed by atoms with Crippen molar-refractivity contribution in [2.45, 2.75) is 13.8 Å². The van der Waals surface area contributed by atoms with Crippen LogP contribution >= 0.6 is 0 Å². The Labute approximate surface area is 114 Å². The summed E-state index contributed by atoms with van der Waals surface area (Å²) in [6, 6.07) is 7.16. The molecule has 1 rings (SSSR count). The van der Waals surface area contributed by atoms with Gasteiger partial charge >= 0.3 is 0 Å².